The van der Waals surface area contributed by atoms with Crippen LogP contribution >= 0.6 is 0 Å². The van der Waals surface area contributed by atoms with Crippen LogP contribution in [0.5, 0.6) is 0 Å². The van der Waals surface area contributed by atoms with E-state index in [1.165, 1.54) is 19.3 Å². The summed E-state index contributed by atoms with van der Waals surface area (Å²) in [4.78, 5) is 12.9. The number of rotatable bonds is 2. The van der Waals surface area contributed by atoms with Crippen molar-refractivity contribution in [1.29, 1.82) is 0 Å². The number of hydrogen-bond acceptors (Lipinski definition) is 3. The van der Waals surface area contributed by atoms with E-state index in [0.717, 1.165) is 56.1 Å². The molecule has 3 heteroatoms. The lowest BCUT2D eigenvalue weighted by molar-refractivity contribution is -0.139. The van der Waals surface area contributed by atoms with Crippen LogP contribution in [0.3, 0.4) is 0 Å². The highest BCUT2D eigenvalue weighted by atomic mass is 16.6. The van der Waals surface area contributed by atoms with Crippen LogP contribution in [-0.2, 0) is 14.3 Å². The molecule has 6 atom stereocenters. The molecule has 0 aromatic heterocycles. The molecular weight excluding hydrogens is 252 g/mol. The molecule has 3 nitrogen and oxygen atoms in total. The first kappa shape index (κ1) is 12.2. The molecule has 5 rings (SSSR count). The summed E-state index contributed by atoms with van der Waals surface area (Å²) in [7, 11) is 0. The van der Waals surface area contributed by atoms with Crippen LogP contribution in [0.1, 0.15) is 38.5 Å². The largest absolute Gasteiger partial charge is 0.378 e. The summed E-state index contributed by atoms with van der Waals surface area (Å²) in [6.07, 6.45) is 7.11. The summed E-state index contributed by atoms with van der Waals surface area (Å²) in [6.45, 7) is 2.27. The second-order valence-electron chi connectivity index (χ2n) is 7.94. The van der Waals surface area contributed by atoms with Crippen LogP contribution in [0.4, 0.5) is 0 Å². The van der Waals surface area contributed by atoms with Gasteiger partial charge in [0.2, 0.25) is 0 Å². The van der Waals surface area contributed by atoms with E-state index in [2.05, 4.69) is 0 Å². The molecule has 3 saturated carbocycles. The third-order valence-corrected chi connectivity index (χ3v) is 7.03. The summed E-state index contributed by atoms with van der Waals surface area (Å²) in [6, 6.07) is 0. The molecule has 2 heterocycles. The third-order valence-electron chi connectivity index (χ3n) is 7.03. The van der Waals surface area contributed by atoms with Crippen LogP contribution in [0.15, 0.2) is 0 Å². The second kappa shape index (κ2) is 4.07. The number of fused-ring (bicyclic) bond motifs is 5. The molecular formula is C17H24O3. The van der Waals surface area contributed by atoms with Gasteiger partial charge in [-0.1, -0.05) is 0 Å². The summed E-state index contributed by atoms with van der Waals surface area (Å²) in [5, 5.41) is 0. The van der Waals surface area contributed by atoms with Crippen molar-refractivity contribution in [2.75, 3.05) is 19.8 Å². The highest BCUT2D eigenvalue weighted by molar-refractivity contribution is 5.87. The number of Topliss-reactive ketones (excluding diaryl/α,β-unsaturated/α-hetero) is 1. The van der Waals surface area contributed by atoms with E-state index >= 15 is 0 Å². The fraction of sp³-hybridized carbons (Fsp3) is 0.941. The topological polar surface area (TPSA) is 35.5 Å². The van der Waals surface area contributed by atoms with Crippen molar-refractivity contribution in [2.45, 2.75) is 44.1 Å². The molecule has 1 spiro atoms. The lowest BCUT2D eigenvalue weighted by Crippen LogP contribution is -2.43. The van der Waals surface area contributed by atoms with Crippen LogP contribution in [-0.4, -0.2) is 31.2 Å². The predicted octanol–water partition coefficient (Wildman–Crippen LogP) is 2.43. The van der Waals surface area contributed by atoms with Gasteiger partial charge in [0.05, 0.1) is 12.2 Å². The van der Waals surface area contributed by atoms with E-state index in [0.29, 0.717) is 18.3 Å². The van der Waals surface area contributed by atoms with Crippen molar-refractivity contribution in [1.82, 2.24) is 0 Å². The van der Waals surface area contributed by atoms with Gasteiger partial charge < -0.3 is 9.47 Å². The second-order valence-corrected chi connectivity index (χ2v) is 7.94. The molecule has 110 valence electrons. The van der Waals surface area contributed by atoms with Crippen LogP contribution in [0, 0.1) is 35.5 Å². The molecule has 20 heavy (non-hydrogen) atoms. The zero-order valence-corrected chi connectivity index (χ0v) is 12.1. The Morgan fingerprint density at radius 1 is 1.05 bits per heavy atom. The molecule has 3 aliphatic carbocycles. The Morgan fingerprint density at radius 2 is 1.85 bits per heavy atom. The number of carbonyl (C=O) groups is 1. The molecule has 5 aliphatic rings. The van der Waals surface area contributed by atoms with Gasteiger partial charge >= 0.3 is 0 Å². The Labute approximate surface area is 120 Å². The SMILES string of the molecule is O=C(C1CCOC2(CCOC2)C1)C1C2C3CCC(C3)C12. The van der Waals surface area contributed by atoms with E-state index in [1.54, 1.807) is 0 Å². The molecule has 2 saturated heterocycles. The van der Waals surface area contributed by atoms with Gasteiger partial charge in [0, 0.05) is 31.5 Å². The van der Waals surface area contributed by atoms with Gasteiger partial charge in [-0.2, -0.15) is 0 Å². The van der Waals surface area contributed by atoms with Gasteiger partial charge in [-0.3, -0.25) is 4.79 Å². The monoisotopic (exact) mass is 276 g/mol. The molecule has 0 N–H and O–H groups in total. The van der Waals surface area contributed by atoms with Gasteiger partial charge in [0.25, 0.3) is 0 Å². The lowest BCUT2D eigenvalue weighted by atomic mass is 9.80. The van der Waals surface area contributed by atoms with Gasteiger partial charge in [-0.25, -0.2) is 0 Å². The number of carbonyl (C=O) groups excluding carboxylic acids is 1. The minimum atomic E-state index is -0.110. The maximum Gasteiger partial charge on any atom is 0.139 e. The first-order chi connectivity index (χ1) is 9.77. The Bertz CT molecular complexity index is 424. The lowest BCUT2D eigenvalue weighted by Gasteiger charge is -2.36. The average Bonchev–Trinajstić information content (AvgIpc) is 2.83. The fourth-order valence-electron chi connectivity index (χ4n) is 6.11. The Morgan fingerprint density at radius 3 is 2.55 bits per heavy atom. The molecule has 0 radical (unpaired) electrons. The van der Waals surface area contributed by atoms with Crippen molar-refractivity contribution >= 4 is 5.78 Å². The van der Waals surface area contributed by atoms with E-state index in [9.17, 15) is 4.79 Å². The summed E-state index contributed by atoms with van der Waals surface area (Å²) >= 11 is 0. The summed E-state index contributed by atoms with van der Waals surface area (Å²) < 4.78 is 11.5. The first-order valence-electron chi connectivity index (χ1n) is 8.53. The zero-order valence-electron chi connectivity index (χ0n) is 12.1. The van der Waals surface area contributed by atoms with Crippen LogP contribution in [0.2, 0.25) is 0 Å². The Hall–Kier alpha value is -0.410. The standard InChI is InChI=1S/C17H24O3/c18-16(15-13-10-1-2-11(7-10)14(13)15)12-3-5-20-17(8-12)4-6-19-9-17/h10-15H,1-9H2. The number of ketones is 1. The molecule has 6 unspecified atom stereocenters. The smallest absolute Gasteiger partial charge is 0.139 e. The van der Waals surface area contributed by atoms with E-state index in [4.69, 9.17) is 9.47 Å². The van der Waals surface area contributed by atoms with Crippen molar-refractivity contribution in [2.24, 2.45) is 35.5 Å². The Balaban J connectivity index is 1.30. The summed E-state index contributed by atoms with van der Waals surface area (Å²) in [5.74, 6) is 4.71. The van der Waals surface area contributed by atoms with E-state index < -0.39 is 0 Å². The highest BCUT2D eigenvalue weighted by Gasteiger charge is 2.67. The first-order valence-corrected chi connectivity index (χ1v) is 8.53. The van der Waals surface area contributed by atoms with Crippen molar-refractivity contribution in [3.8, 4) is 0 Å². The predicted molar refractivity (Wildman–Crippen MR) is 73.2 cm³/mol. The number of hydrogen-bond donors (Lipinski definition) is 0. The Kier molecular flexibility index (Phi) is 2.48. The van der Waals surface area contributed by atoms with Gasteiger partial charge in [0.1, 0.15) is 5.78 Å². The normalized spacial score (nSPS) is 56.2. The minimum Gasteiger partial charge on any atom is -0.378 e. The highest BCUT2D eigenvalue weighted by Crippen LogP contribution is 2.70. The average molecular weight is 276 g/mol. The molecule has 2 aliphatic heterocycles. The summed E-state index contributed by atoms with van der Waals surface area (Å²) in [5.41, 5.74) is -0.110. The van der Waals surface area contributed by atoms with Gasteiger partial charge in [-0.15, -0.1) is 0 Å². The van der Waals surface area contributed by atoms with Gasteiger partial charge in [-0.05, 0) is 55.8 Å². The van der Waals surface area contributed by atoms with Crippen molar-refractivity contribution < 1.29 is 14.3 Å². The van der Waals surface area contributed by atoms with Crippen molar-refractivity contribution in [3.63, 3.8) is 0 Å². The maximum absolute atomic E-state index is 12.9. The molecule has 2 bridgehead atoms. The quantitative estimate of drug-likeness (QED) is 0.777. The fourth-order valence-corrected chi connectivity index (χ4v) is 6.11. The van der Waals surface area contributed by atoms with Crippen LogP contribution < -0.4 is 0 Å². The molecule has 0 aromatic rings. The van der Waals surface area contributed by atoms with E-state index in [-0.39, 0.29) is 11.5 Å². The minimum absolute atomic E-state index is 0.110. The van der Waals surface area contributed by atoms with Crippen molar-refractivity contribution in [3.05, 3.63) is 0 Å². The number of ether oxygens (including phenoxy) is 2. The van der Waals surface area contributed by atoms with Crippen LogP contribution in [0.25, 0.3) is 0 Å². The third kappa shape index (κ3) is 1.57. The van der Waals surface area contributed by atoms with E-state index in [1.807, 2.05) is 0 Å². The zero-order chi connectivity index (χ0) is 13.3. The molecule has 0 amide bonds. The molecule has 0 aromatic carbocycles. The maximum atomic E-state index is 12.9. The molecule has 5 fully saturated rings. The van der Waals surface area contributed by atoms with Gasteiger partial charge in [0.15, 0.2) is 0 Å².